The summed E-state index contributed by atoms with van der Waals surface area (Å²) in [6.07, 6.45) is -3.72. The van der Waals surface area contributed by atoms with Crippen molar-refractivity contribution in [2.24, 2.45) is 10.9 Å². The zero-order valence-electron chi connectivity index (χ0n) is 20.2. The fourth-order valence-electron chi connectivity index (χ4n) is 4.26. The Balaban J connectivity index is 1.66. The number of likely N-dealkylation sites (tertiary alicyclic amines) is 2. The molecule has 3 aliphatic heterocycles. The van der Waals surface area contributed by atoms with Gasteiger partial charge in [-0.05, 0) is 62.0 Å². The largest absolute Gasteiger partial charge is 0.416 e. The predicted octanol–water partition coefficient (Wildman–Crippen LogP) is 5.22. The van der Waals surface area contributed by atoms with Gasteiger partial charge in [0.25, 0.3) is 5.24 Å². The average molecular weight is 551 g/mol. The molecule has 0 spiro atoms. The number of nitrogens with zero attached hydrogens (tertiary/aromatic N) is 3. The number of aliphatic imine (C=N–C) groups is 1. The van der Waals surface area contributed by atoms with E-state index >= 15 is 0 Å². The molecule has 1 atom stereocenters. The number of thioether (sulfide) groups is 1. The van der Waals surface area contributed by atoms with Gasteiger partial charge in [0, 0.05) is 26.2 Å². The summed E-state index contributed by atoms with van der Waals surface area (Å²) in [4.78, 5) is 32.8. The summed E-state index contributed by atoms with van der Waals surface area (Å²) in [7, 11) is 1.71. The van der Waals surface area contributed by atoms with Crippen molar-refractivity contribution in [3.05, 3.63) is 46.9 Å². The van der Waals surface area contributed by atoms with E-state index in [1.54, 1.807) is 16.8 Å². The van der Waals surface area contributed by atoms with Crippen molar-refractivity contribution in [1.29, 1.82) is 0 Å². The van der Waals surface area contributed by atoms with Crippen LogP contribution in [0.25, 0.3) is 0 Å². The van der Waals surface area contributed by atoms with E-state index in [4.69, 9.17) is 0 Å². The first kappa shape index (κ1) is 29.0. The molecule has 1 unspecified atom stereocenters. The average Bonchev–Trinajstić information content (AvgIpc) is 3.14. The highest BCUT2D eigenvalue weighted by Crippen LogP contribution is 2.33. The van der Waals surface area contributed by atoms with Crippen LogP contribution < -0.4 is 5.32 Å². The monoisotopic (exact) mass is 550 g/mol. The molecule has 3 heterocycles. The summed E-state index contributed by atoms with van der Waals surface area (Å²) < 4.78 is 76.8. The number of amidine groups is 1. The van der Waals surface area contributed by atoms with E-state index in [1.165, 1.54) is 0 Å². The number of hydrogen-bond acceptors (Lipinski definition) is 5. The van der Waals surface area contributed by atoms with Crippen molar-refractivity contribution in [3.8, 4) is 0 Å². The van der Waals surface area contributed by atoms with Crippen molar-refractivity contribution in [1.82, 2.24) is 15.1 Å². The molecule has 0 saturated carbocycles. The molecule has 0 aromatic carbocycles. The Bertz CT molecular complexity index is 1020. The van der Waals surface area contributed by atoms with Gasteiger partial charge < -0.3 is 10.2 Å². The van der Waals surface area contributed by atoms with Crippen LogP contribution in [0.2, 0.25) is 0 Å². The van der Waals surface area contributed by atoms with Crippen LogP contribution in [0.5, 0.6) is 0 Å². The Hall–Kier alpha value is -2.54. The third-order valence-electron chi connectivity index (χ3n) is 6.30. The summed E-state index contributed by atoms with van der Waals surface area (Å²) in [5, 5.41) is 2.38. The summed E-state index contributed by atoms with van der Waals surface area (Å²) in [6.45, 7) is 4.32. The topological polar surface area (TPSA) is 65.0 Å². The van der Waals surface area contributed by atoms with Gasteiger partial charge in [-0.2, -0.15) is 26.3 Å². The molecule has 204 valence electrons. The number of hydrogen-bond donors (Lipinski definition) is 1. The minimum absolute atomic E-state index is 0.0183. The van der Waals surface area contributed by atoms with E-state index in [0.29, 0.717) is 55.7 Å². The van der Waals surface area contributed by atoms with E-state index < -0.39 is 24.0 Å². The first-order valence-corrected chi connectivity index (χ1v) is 12.5. The SMILES string of the molecule is C=C(C(=CC=CC(F)(F)F)CN1CCC(C=C2SC(=O)NC2=NC2CCCN(C)C2=O)CC1)C(F)(F)F. The second kappa shape index (κ2) is 11.9. The number of piperidine rings is 2. The molecule has 3 saturated heterocycles. The number of amides is 2. The minimum Gasteiger partial charge on any atom is -0.344 e. The van der Waals surface area contributed by atoms with E-state index in [2.05, 4.69) is 16.9 Å². The van der Waals surface area contributed by atoms with E-state index in [9.17, 15) is 35.9 Å². The molecule has 0 bridgehead atoms. The highest BCUT2D eigenvalue weighted by molar-refractivity contribution is 8.18. The fraction of sp³-hybridized carbons (Fsp3) is 0.542. The molecule has 3 rings (SSSR count). The molecule has 3 aliphatic rings. The number of nitrogens with one attached hydrogen (secondary N) is 1. The van der Waals surface area contributed by atoms with Crippen molar-refractivity contribution < 1.29 is 35.9 Å². The molecule has 0 aromatic heterocycles. The van der Waals surface area contributed by atoms with Crippen LogP contribution in [0.15, 0.2) is 51.9 Å². The number of carbonyl (C=O) groups excluding carboxylic acids is 2. The smallest absolute Gasteiger partial charge is 0.344 e. The van der Waals surface area contributed by atoms with Crippen LogP contribution in [-0.4, -0.2) is 78.4 Å². The third-order valence-corrected chi connectivity index (χ3v) is 7.14. The van der Waals surface area contributed by atoms with E-state index in [0.717, 1.165) is 24.3 Å². The van der Waals surface area contributed by atoms with Gasteiger partial charge in [-0.3, -0.25) is 19.5 Å². The fourth-order valence-corrected chi connectivity index (χ4v) is 5.07. The van der Waals surface area contributed by atoms with Crippen LogP contribution in [0.4, 0.5) is 31.1 Å². The quantitative estimate of drug-likeness (QED) is 0.364. The maximum absolute atomic E-state index is 13.2. The molecule has 2 amide bonds. The number of halogens is 6. The van der Waals surface area contributed by atoms with Gasteiger partial charge in [0.2, 0.25) is 5.91 Å². The van der Waals surface area contributed by atoms with Crippen molar-refractivity contribution in [2.45, 2.75) is 44.1 Å². The second-order valence-corrected chi connectivity index (χ2v) is 10.1. The molecule has 37 heavy (non-hydrogen) atoms. The number of rotatable bonds is 6. The molecule has 1 N–H and O–H groups in total. The first-order valence-electron chi connectivity index (χ1n) is 11.7. The maximum Gasteiger partial charge on any atom is 0.416 e. The van der Waals surface area contributed by atoms with Crippen LogP contribution >= 0.6 is 11.8 Å². The summed E-state index contributed by atoms with van der Waals surface area (Å²) in [5.74, 6) is 0.269. The number of carbonyl (C=O) groups is 2. The van der Waals surface area contributed by atoms with Gasteiger partial charge >= 0.3 is 12.4 Å². The first-order chi connectivity index (χ1) is 17.2. The molecule has 6 nitrogen and oxygen atoms in total. The molecule has 3 fully saturated rings. The lowest BCUT2D eigenvalue weighted by Gasteiger charge is -2.32. The van der Waals surface area contributed by atoms with Gasteiger partial charge in [-0.25, -0.2) is 0 Å². The molecule has 0 aliphatic carbocycles. The Labute approximate surface area is 215 Å². The zero-order valence-corrected chi connectivity index (χ0v) is 21.0. The Morgan fingerprint density at radius 2 is 1.81 bits per heavy atom. The Morgan fingerprint density at radius 3 is 2.43 bits per heavy atom. The molecule has 13 heteroatoms. The number of alkyl halides is 6. The highest BCUT2D eigenvalue weighted by Gasteiger charge is 2.35. The van der Waals surface area contributed by atoms with Crippen molar-refractivity contribution in [2.75, 3.05) is 33.2 Å². The molecule has 0 radical (unpaired) electrons. The normalized spacial score (nSPS) is 25.5. The maximum atomic E-state index is 13.2. The summed E-state index contributed by atoms with van der Waals surface area (Å²) in [6, 6.07) is -0.559. The third kappa shape index (κ3) is 8.49. The van der Waals surface area contributed by atoms with Crippen LogP contribution in [0.3, 0.4) is 0 Å². The van der Waals surface area contributed by atoms with E-state index in [1.807, 2.05) is 6.08 Å². The van der Waals surface area contributed by atoms with Crippen LogP contribution in [-0.2, 0) is 4.79 Å². The summed E-state index contributed by atoms with van der Waals surface area (Å²) in [5.41, 5.74) is -1.51. The standard InChI is InChI=1S/C24H28F6N4O2S/c1-15(24(28,29)30)17(5-3-9-23(25,26)27)14-34-11-7-16(8-12-34)13-19-20(32-22(36)37-19)31-18-6-4-10-33(2)21(18)35/h3,5,9,13,16,18H,1,4,6-8,10-12,14H2,2H3,(H,31,32,36). The lowest BCUT2D eigenvalue weighted by Crippen LogP contribution is -2.41. The highest BCUT2D eigenvalue weighted by atomic mass is 32.2. The van der Waals surface area contributed by atoms with Gasteiger partial charge in [-0.15, -0.1) is 0 Å². The molecule has 0 aromatic rings. The molecular formula is C24H28F6N4O2S. The van der Waals surface area contributed by atoms with Crippen LogP contribution in [0, 0.1) is 5.92 Å². The zero-order chi connectivity index (χ0) is 27.4. The number of allylic oxidation sites excluding steroid dienone is 4. The van der Waals surface area contributed by atoms with Gasteiger partial charge in [0.1, 0.15) is 11.9 Å². The van der Waals surface area contributed by atoms with Crippen molar-refractivity contribution >= 4 is 28.7 Å². The van der Waals surface area contributed by atoms with Gasteiger partial charge in [0.05, 0.1) is 10.5 Å². The Morgan fingerprint density at radius 1 is 1.14 bits per heavy atom. The van der Waals surface area contributed by atoms with Crippen LogP contribution in [0.1, 0.15) is 25.7 Å². The lowest BCUT2D eigenvalue weighted by molar-refractivity contribution is -0.133. The second-order valence-electron chi connectivity index (χ2n) is 9.12. The predicted molar refractivity (Wildman–Crippen MR) is 130 cm³/mol. The van der Waals surface area contributed by atoms with Gasteiger partial charge in [0.15, 0.2) is 0 Å². The molecular weight excluding hydrogens is 522 g/mol. The summed E-state index contributed by atoms with van der Waals surface area (Å²) >= 11 is 0.984. The van der Waals surface area contributed by atoms with Gasteiger partial charge in [-0.1, -0.05) is 24.8 Å². The lowest BCUT2D eigenvalue weighted by atomic mass is 9.95. The Kier molecular flexibility index (Phi) is 9.32. The van der Waals surface area contributed by atoms with Crippen molar-refractivity contribution in [3.63, 3.8) is 0 Å². The number of likely N-dealkylation sites (N-methyl/N-ethyl adjacent to an activating group) is 1. The minimum atomic E-state index is -4.76. The van der Waals surface area contributed by atoms with E-state index in [-0.39, 0.29) is 35.3 Å².